The van der Waals surface area contributed by atoms with Crippen LogP contribution in [0.5, 0.6) is 0 Å². The predicted molar refractivity (Wildman–Crippen MR) is 76.6 cm³/mol. The summed E-state index contributed by atoms with van der Waals surface area (Å²) in [6.07, 6.45) is 3.18. The minimum absolute atomic E-state index is 0.217. The number of hydrogen-bond acceptors (Lipinski definition) is 2. The molecule has 0 aliphatic rings. The molecule has 3 nitrogen and oxygen atoms in total. The average molecular weight is 245 g/mol. The predicted octanol–water partition coefficient (Wildman–Crippen LogP) is 3.12. The Balaban J connectivity index is 2.43. The molecule has 18 heavy (non-hydrogen) atoms. The molecule has 2 N–H and O–H groups in total. The number of hydrogen-bond donors (Lipinski definition) is 1. The van der Waals surface area contributed by atoms with E-state index in [4.69, 9.17) is 10.7 Å². The molecule has 0 radical (unpaired) electrons. The zero-order chi connectivity index (χ0) is 13.2. The van der Waals surface area contributed by atoms with E-state index >= 15 is 0 Å². The highest BCUT2D eigenvalue weighted by atomic mass is 15.1. The van der Waals surface area contributed by atoms with Crippen molar-refractivity contribution in [3.8, 4) is 0 Å². The summed E-state index contributed by atoms with van der Waals surface area (Å²) in [5, 5.41) is 0. The number of benzene rings is 1. The fourth-order valence-corrected chi connectivity index (χ4v) is 2.23. The molecule has 3 heteroatoms. The Morgan fingerprint density at radius 3 is 2.67 bits per heavy atom. The monoisotopic (exact) mass is 245 g/mol. The maximum Gasteiger partial charge on any atom is 0.111 e. The van der Waals surface area contributed by atoms with Crippen LogP contribution in [0.3, 0.4) is 0 Å². The summed E-state index contributed by atoms with van der Waals surface area (Å²) in [6.45, 7) is 7.35. The van der Waals surface area contributed by atoms with Crippen molar-refractivity contribution < 1.29 is 0 Å². The fraction of sp³-hybridized carbons (Fsp3) is 0.533. The molecule has 0 saturated carbocycles. The van der Waals surface area contributed by atoms with Gasteiger partial charge in [-0.25, -0.2) is 4.98 Å². The van der Waals surface area contributed by atoms with Crippen LogP contribution in [-0.4, -0.2) is 15.1 Å². The van der Waals surface area contributed by atoms with E-state index in [9.17, 15) is 0 Å². The third-order valence-electron chi connectivity index (χ3n) is 3.08. The van der Waals surface area contributed by atoms with Gasteiger partial charge >= 0.3 is 0 Å². The molecule has 0 amide bonds. The van der Waals surface area contributed by atoms with Gasteiger partial charge in [0.1, 0.15) is 5.82 Å². The molecule has 0 bridgehead atoms. The number of fused-ring (bicyclic) bond motifs is 1. The van der Waals surface area contributed by atoms with E-state index in [0.717, 1.165) is 24.3 Å². The zero-order valence-electron chi connectivity index (χ0n) is 11.6. The number of para-hydroxylation sites is 2. The third kappa shape index (κ3) is 2.91. The van der Waals surface area contributed by atoms with Crippen molar-refractivity contribution in [1.82, 2.24) is 9.55 Å². The Hall–Kier alpha value is -1.35. The standard InChI is InChI=1S/C15H23N3/c1-4-5-10-18-13-9-7-6-8-12(13)17-14(18)11-15(2,3)16/h6-9H,4-5,10-11,16H2,1-3H3. The number of aryl methyl sites for hydroxylation is 1. The van der Waals surface area contributed by atoms with Crippen LogP contribution >= 0.6 is 0 Å². The molecule has 0 saturated heterocycles. The lowest BCUT2D eigenvalue weighted by Crippen LogP contribution is -2.35. The van der Waals surface area contributed by atoms with Gasteiger partial charge in [-0.2, -0.15) is 0 Å². The molecule has 0 atom stereocenters. The van der Waals surface area contributed by atoms with Crippen molar-refractivity contribution in [2.24, 2.45) is 5.73 Å². The second-order valence-corrected chi connectivity index (χ2v) is 5.69. The Labute approximate surface area is 109 Å². The lowest BCUT2D eigenvalue weighted by molar-refractivity contribution is 0.483. The molecule has 2 rings (SSSR count). The van der Waals surface area contributed by atoms with Gasteiger partial charge in [0.15, 0.2) is 0 Å². The lowest BCUT2D eigenvalue weighted by Gasteiger charge is -2.19. The summed E-state index contributed by atoms with van der Waals surface area (Å²) in [6, 6.07) is 8.33. The number of nitrogens with zero attached hydrogens (tertiary/aromatic N) is 2. The van der Waals surface area contributed by atoms with Gasteiger partial charge in [-0.3, -0.25) is 0 Å². The summed E-state index contributed by atoms with van der Waals surface area (Å²) in [5.74, 6) is 1.11. The molecule has 0 unspecified atom stereocenters. The summed E-state index contributed by atoms with van der Waals surface area (Å²) < 4.78 is 2.33. The summed E-state index contributed by atoms with van der Waals surface area (Å²) >= 11 is 0. The Morgan fingerprint density at radius 1 is 1.28 bits per heavy atom. The van der Waals surface area contributed by atoms with Gasteiger partial charge in [0, 0.05) is 18.5 Å². The van der Waals surface area contributed by atoms with Gasteiger partial charge < -0.3 is 10.3 Å². The third-order valence-corrected chi connectivity index (χ3v) is 3.08. The molecule has 1 heterocycles. The van der Waals surface area contributed by atoms with E-state index in [-0.39, 0.29) is 5.54 Å². The number of imidazole rings is 1. The summed E-state index contributed by atoms with van der Waals surface area (Å²) in [4.78, 5) is 4.73. The number of aromatic nitrogens is 2. The quantitative estimate of drug-likeness (QED) is 0.879. The normalized spacial score (nSPS) is 12.2. The van der Waals surface area contributed by atoms with E-state index < -0.39 is 0 Å². The molecular weight excluding hydrogens is 222 g/mol. The van der Waals surface area contributed by atoms with Crippen LogP contribution in [0.2, 0.25) is 0 Å². The highest BCUT2D eigenvalue weighted by molar-refractivity contribution is 5.75. The van der Waals surface area contributed by atoms with E-state index in [2.05, 4.69) is 43.5 Å². The smallest absolute Gasteiger partial charge is 0.111 e. The summed E-state index contributed by atoms with van der Waals surface area (Å²) in [5.41, 5.74) is 8.22. The molecule has 0 fully saturated rings. The van der Waals surface area contributed by atoms with E-state index in [1.807, 2.05) is 6.07 Å². The van der Waals surface area contributed by atoms with Crippen LogP contribution in [0.4, 0.5) is 0 Å². The molecule has 1 aromatic heterocycles. The van der Waals surface area contributed by atoms with Gasteiger partial charge in [0.05, 0.1) is 11.0 Å². The first-order valence-electron chi connectivity index (χ1n) is 6.74. The van der Waals surface area contributed by atoms with Crippen LogP contribution in [0.25, 0.3) is 11.0 Å². The van der Waals surface area contributed by atoms with Crippen molar-refractivity contribution >= 4 is 11.0 Å². The minimum atomic E-state index is -0.217. The zero-order valence-corrected chi connectivity index (χ0v) is 11.6. The van der Waals surface area contributed by atoms with Crippen molar-refractivity contribution in [1.29, 1.82) is 0 Å². The van der Waals surface area contributed by atoms with Gasteiger partial charge in [0.2, 0.25) is 0 Å². The Bertz CT molecular complexity index is 520. The number of nitrogens with two attached hydrogens (primary N) is 1. The topological polar surface area (TPSA) is 43.8 Å². The van der Waals surface area contributed by atoms with E-state index in [1.54, 1.807) is 0 Å². The van der Waals surface area contributed by atoms with E-state index in [1.165, 1.54) is 18.4 Å². The largest absolute Gasteiger partial charge is 0.328 e. The van der Waals surface area contributed by atoms with Gasteiger partial charge in [-0.1, -0.05) is 25.5 Å². The van der Waals surface area contributed by atoms with Crippen molar-refractivity contribution in [2.75, 3.05) is 0 Å². The molecule has 2 aromatic rings. The molecule has 1 aromatic carbocycles. The molecular formula is C15H23N3. The minimum Gasteiger partial charge on any atom is -0.328 e. The summed E-state index contributed by atoms with van der Waals surface area (Å²) in [7, 11) is 0. The van der Waals surface area contributed by atoms with Gasteiger partial charge in [0.25, 0.3) is 0 Å². The first-order valence-corrected chi connectivity index (χ1v) is 6.74. The molecule has 0 aliphatic carbocycles. The first kappa shape index (κ1) is 13.1. The van der Waals surface area contributed by atoms with Crippen LogP contribution in [0.15, 0.2) is 24.3 Å². The first-order chi connectivity index (χ1) is 8.51. The molecule has 0 spiro atoms. The highest BCUT2D eigenvalue weighted by Gasteiger charge is 2.17. The maximum absolute atomic E-state index is 6.13. The Morgan fingerprint density at radius 2 is 2.00 bits per heavy atom. The van der Waals surface area contributed by atoms with Gasteiger partial charge in [-0.15, -0.1) is 0 Å². The molecule has 0 aliphatic heterocycles. The van der Waals surface area contributed by atoms with Crippen LogP contribution in [-0.2, 0) is 13.0 Å². The van der Waals surface area contributed by atoms with Crippen LogP contribution < -0.4 is 5.73 Å². The number of unbranched alkanes of at least 4 members (excludes halogenated alkanes) is 1. The van der Waals surface area contributed by atoms with Crippen molar-refractivity contribution in [3.05, 3.63) is 30.1 Å². The maximum atomic E-state index is 6.13. The van der Waals surface area contributed by atoms with Crippen LogP contribution in [0, 0.1) is 0 Å². The average Bonchev–Trinajstić information content (AvgIpc) is 2.61. The number of rotatable bonds is 5. The van der Waals surface area contributed by atoms with Crippen molar-refractivity contribution in [3.63, 3.8) is 0 Å². The second kappa shape index (κ2) is 5.11. The second-order valence-electron chi connectivity index (χ2n) is 5.69. The Kier molecular flexibility index (Phi) is 3.71. The SMILES string of the molecule is CCCCn1c(CC(C)(C)N)nc2ccccc21. The van der Waals surface area contributed by atoms with Crippen LogP contribution in [0.1, 0.15) is 39.4 Å². The lowest BCUT2D eigenvalue weighted by atomic mass is 10.0. The van der Waals surface area contributed by atoms with E-state index in [0.29, 0.717) is 0 Å². The van der Waals surface area contributed by atoms with Crippen molar-refractivity contribution in [2.45, 2.75) is 52.1 Å². The highest BCUT2D eigenvalue weighted by Crippen LogP contribution is 2.19. The van der Waals surface area contributed by atoms with Gasteiger partial charge in [-0.05, 0) is 32.4 Å². The molecule has 98 valence electrons. The fourth-order valence-electron chi connectivity index (χ4n) is 2.23.